The van der Waals surface area contributed by atoms with E-state index in [1.807, 2.05) is 47.4 Å². The van der Waals surface area contributed by atoms with E-state index in [-0.39, 0.29) is 30.7 Å². The standard InChI is InChI=1S/C22H20ClN3O.2ClH/c23-14-8-9-19-16(11-14)17(12-20(25-19)13-6-7-13)22(27)26-10-2-3-15-18(24)4-1-5-21(15)26;;/h1,4-5,8-9,11-13H,2-3,6-7,10,24H2;2*1H. The molecule has 7 heteroatoms. The lowest BCUT2D eigenvalue weighted by Gasteiger charge is -2.30. The van der Waals surface area contributed by atoms with Crippen molar-refractivity contribution in [2.45, 2.75) is 31.6 Å². The molecule has 2 aliphatic rings. The number of carbonyl (C=O) groups excluding carboxylic acids is 1. The van der Waals surface area contributed by atoms with Gasteiger partial charge in [-0.05, 0) is 67.6 Å². The van der Waals surface area contributed by atoms with Crippen molar-refractivity contribution in [1.82, 2.24) is 4.98 Å². The van der Waals surface area contributed by atoms with Crippen molar-refractivity contribution in [3.63, 3.8) is 0 Å². The van der Waals surface area contributed by atoms with Crippen molar-refractivity contribution in [3.8, 4) is 0 Å². The van der Waals surface area contributed by atoms with Gasteiger partial charge in [0.05, 0.1) is 11.1 Å². The van der Waals surface area contributed by atoms with Gasteiger partial charge in [-0.15, -0.1) is 24.8 Å². The molecule has 152 valence electrons. The molecule has 0 bridgehead atoms. The van der Waals surface area contributed by atoms with Gasteiger partial charge >= 0.3 is 0 Å². The van der Waals surface area contributed by atoms with Gasteiger partial charge in [-0.3, -0.25) is 9.78 Å². The van der Waals surface area contributed by atoms with Crippen LogP contribution in [0.15, 0.2) is 42.5 Å². The molecule has 3 aromatic rings. The minimum absolute atomic E-state index is 0. The Morgan fingerprint density at radius 3 is 2.69 bits per heavy atom. The third-order valence-corrected chi connectivity index (χ3v) is 5.78. The summed E-state index contributed by atoms with van der Waals surface area (Å²) in [6.07, 6.45) is 4.10. The summed E-state index contributed by atoms with van der Waals surface area (Å²) in [7, 11) is 0. The van der Waals surface area contributed by atoms with Gasteiger partial charge in [0.1, 0.15) is 0 Å². The van der Waals surface area contributed by atoms with E-state index in [9.17, 15) is 4.79 Å². The number of benzene rings is 2. The summed E-state index contributed by atoms with van der Waals surface area (Å²) in [5.74, 6) is 0.471. The van der Waals surface area contributed by atoms with Gasteiger partial charge in [-0.25, -0.2) is 0 Å². The largest absolute Gasteiger partial charge is 0.398 e. The van der Waals surface area contributed by atoms with E-state index in [0.29, 0.717) is 23.0 Å². The third kappa shape index (κ3) is 3.89. The first-order chi connectivity index (χ1) is 13.1. The number of nitrogens with zero attached hydrogens (tertiary/aromatic N) is 2. The predicted molar refractivity (Wildman–Crippen MR) is 124 cm³/mol. The van der Waals surface area contributed by atoms with Gasteiger partial charge in [-0.2, -0.15) is 0 Å². The van der Waals surface area contributed by atoms with Crippen LogP contribution in [0, 0.1) is 0 Å². The number of aromatic nitrogens is 1. The zero-order valence-corrected chi connectivity index (χ0v) is 18.1. The van der Waals surface area contributed by atoms with Crippen molar-refractivity contribution in [3.05, 3.63) is 64.3 Å². The monoisotopic (exact) mass is 449 g/mol. The van der Waals surface area contributed by atoms with Crippen molar-refractivity contribution in [2.75, 3.05) is 17.2 Å². The summed E-state index contributed by atoms with van der Waals surface area (Å²) in [5, 5.41) is 1.42. The fourth-order valence-electron chi connectivity index (χ4n) is 3.99. The Morgan fingerprint density at radius 2 is 1.93 bits per heavy atom. The fraction of sp³-hybridized carbons (Fsp3) is 0.273. The molecule has 2 aromatic carbocycles. The Balaban J connectivity index is 0.00000120. The first kappa shape index (κ1) is 21.7. The maximum atomic E-state index is 13.6. The fourth-order valence-corrected chi connectivity index (χ4v) is 4.16. The topological polar surface area (TPSA) is 59.2 Å². The SMILES string of the molecule is Cl.Cl.Nc1cccc2c1CCCN2C(=O)c1cc(C2CC2)nc2ccc(Cl)cc12. The number of rotatable bonds is 2. The van der Waals surface area contributed by atoms with Crippen LogP contribution in [-0.2, 0) is 6.42 Å². The Labute approximate surface area is 187 Å². The van der Waals surface area contributed by atoms with E-state index in [1.165, 1.54) is 0 Å². The number of nitrogens with two attached hydrogens (primary N) is 1. The Hall–Kier alpha value is -2.01. The summed E-state index contributed by atoms with van der Waals surface area (Å²) in [5.41, 5.74) is 11.4. The number of nitrogen functional groups attached to an aromatic ring is 1. The van der Waals surface area contributed by atoms with Gasteiger partial charge in [0.2, 0.25) is 0 Å². The molecule has 0 unspecified atom stereocenters. The number of amides is 1. The molecule has 1 amide bonds. The molecule has 1 aliphatic heterocycles. The number of hydrogen-bond donors (Lipinski definition) is 1. The molecule has 2 N–H and O–H groups in total. The van der Waals surface area contributed by atoms with Crippen molar-refractivity contribution in [1.29, 1.82) is 0 Å². The summed E-state index contributed by atoms with van der Waals surface area (Å²) >= 11 is 6.23. The zero-order valence-electron chi connectivity index (χ0n) is 15.7. The van der Waals surface area contributed by atoms with Crippen LogP contribution in [0.5, 0.6) is 0 Å². The maximum Gasteiger partial charge on any atom is 0.259 e. The molecule has 29 heavy (non-hydrogen) atoms. The van der Waals surface area contributed by atoms with Crippen LogP contribution < -0.4 is 10.6 Å². The smallest absolute Gasteiger partial charge is 0.259 e. The van der Waals surface area contributed by atoms with Gasteiger partial charge in [0.25, 0.3) is 5.91 Å². The van der Waals surface area contributed by atoms with Crippen molar-refractivity contribution >= 4 is 64.6 Å². The average Bonchev–Trinajstić information content (AvgIpc) is 3.52. The van der Waals surface area contributed by atoms with Crippen LogP contribution in [0.2, 0.25) is 5.02 Å². The second-order valence-corrected chi connectivity index (χ2v) is 7.87. The highest BCUT2D eigenvalue weighted by Crippen LogP contribution is 2.41. The molecule has 5 rings (SSSR count). The molecule has 1 aliphatic carbocycles. The molecule has 0 spiro atoms. The molecular formula is C22H22Cl3N3O. The molecule has 0 radical (unpaired) electrons. The summed E-state index contributed by atoms with van der Waals surface area (Å²) in [6, 6.07) is 13.4. The minimum atomic E-state index is -0.00174. The van der Waals surface area contributed by atoms with E-state index in [4.69, 9.17) is 22.3 Å². The van der Waals surface area contributed by atoms with E-state index in [1.54, 1.807) is 0 Å². The number of pyridine rings is 1. The van der Waals surface area contributed by atoms with Crippen molar-refractivity contribution in [2.24, 2.45) is 0 Å². The van der Waals surface area contributed by atoms with E-state index >= 15 is 0 Å². The number of carbonyl (C=O) groups is 1. The average molecular weight is 451 g/mol. The molecule has 0 atom stereocenters. The van der Waals surface area contributed by atoms with Crippen molar-refractivity contribution < 1.29 is 4.79 Å². The van der Waals surface area contributed by atoms with Crippen LogP contribution in [0.1, 0.15) is 46.8 Å². The molecule has 1 saturated carbocycles. The number of fused-ring (bicyclic) bond motifs is 2. The molecule has 1 fully saturated rings. The summed E-state index contributed by atoms with van der Waals surface area (Å²) in [6.45, 7) is 0.693. The van der Waals surface area contributed by atoms with E-state index in [0.717, 1.165) is 59.2 Å². The first-order valence-corrected chi connectivity index (χ1v) is 9.79. The highest BCUT2D eigenvalue weighted by atomic mass is 35.5. The lowest BCUT2D eigenvalue weighted by atomic mass is 9.98. The van der Waals surface area contributed by atoms with Gasteiger partial charge < -0.3 is 10.6 Å². The molecular weight excluding hydrogens is 429 g/mol. The van der Waals surface area contributed by atoms with Crippen LogP contribution in [0.3, 0.4) is 0 Å². The maximum absolute atomic E-state index is 13.6. The van der Waals surface area contributed by atoms with Gasteiger partial charge in [-0.1, -0.05) is 17.7 Å². The zero-order chi connectivity index (χ0) is 18.5. The highest BCUT2D eigenvalue weighted by molar-refractivity contribution is 6.31. The molecule has 2 heterocycles. The molecule has 0 saturated heterocycles. The van der Waals surface area contributed by atoms with E-state index < -0.39 is 0 Å². The van der Waals surface area contributed by atoms with Crippen LogP contribution in [-0.4, -0.2) is 17.4 Å². The van der Waals surface area contributed by atoms with Gasteiger partial charge in [0.15, 0.2) is 0 Å². The van der Waals surface area contributed by atoms with E-state index in [2.05, 4.69) is 0 Å². The summed E-state index contributed by atoms with van der Waals surface area (Å²) < 4.78 is 0. The number of anilines is 2. The lowest BCUT2D eigenvalue weighted by Crippen LogP contribution is -2.36. The Bertz CT molecular complexity index is 1080. The van der Waals surface area contributed by atoms with Gasteiger partial charge in [0, 0.05) is 39.9 Å². The number of halogens is 3. The van der Waals surface area contributed by atoms with Crippen LogP contribution in [0.4, 0.5) is 11.4 Å². The molecule has 1 aromatic heterocycles. The normalized spacial score (nSPS) is 15.3. The minimum Gasteiger partial charge on any atom is -0.398 e. The molecule has 4 nitrogen and oxygen atoms in total. The number of hydrogen-bond acceptors (Lipinski definition) is 3. The predicted octanol–water partition coefficient (Wildman–Crippen LogP) is 5.78. The summed E-state index contributed by atoms with van der Waals surface area (Å²) in [4.78, 5) is 20.2. The second kappa shape index (κ2) is 8.39. The van der Waals surface area contributed by atoms with Crippen LogP contribution in [0.25, 0.3) is 10.9 Å². The second-order valence-electron chi connectivity index (χ2n) is 7.44. The highest BCUT2D eigenvalue weighted by Gasteiger charge is 2.30. The first-order valence-electron chi connectivity index (χ1n) is 9.41. The lowest BCUT2D eigenvalue weighted by molar-refractivity contribution is 0.0986. The Morgan fingerprint density at radius 1 is 1.14 bits per heavy atom. The third-order valence-electron chi connectivity index (χ3n) is 5.55. The Kier molecular flexibility index (Phi) is 6.27. The van der Waals surface area contributed by atoms with Crippen LogP contribution >= 0.6 is 36.4 Å². The quantitative estimate of drug-likeness (QED) is 0.503.